The fourth-order valence-electron chi connectivity index (χ4n) is 6.26. The number of likely N-dealkylation sites (tertiary alicyclic amines) is 1. The van der Waals surface area contributed by atoms with E-state index in [1.807, 2.05) is 25.1 Å². The minimum Gasteiger partial charge on any atom is -0.467 e. The number of rotatable bonds is 5. The number of carbonyl (C=O) groups excluding carboxylic acids is 1. The molecule has 2 saturated heterocycles. The highest BCUT2D eigenvalue weighted by molar-refractivity contribution is 6.36. The van der Waals surface area contributed by atoms with Crippen LogP contribution in [0.25, 0.3) is 10.8 Å². The third-order valence-electron chi connectivity index (χ3n) is 8.47. The number of allylic oxidation sites excluding steroid dienone is 2. The topological polar surface area (TPSA) is 61.8 Å². The number of ether oxygens (including phenoxy) is 1. The van der Waals surface area contributed by atoms with Crippen molar-refractivity contribution >= 4 is 39.7 Å². The first kappa shape index (κ1) is 29.3. The Morgan fingerprint density at radius 2 is 1.76 bits per heavy atom. The van der Waals surface area contributed by atoms with Gasteiger partial charge in [0.15, 0.2) is 5.78 Å². The van der Waals surface area contributed by atoms with Gasteiger partial charge in [-0.25, -0.2) is 0 Å². The molecular weight excluding hydrogens is 534 g/mol. The summed E-state index contributed by atoms with van der Waals surface area (Å²) in [6.45, 7) is 7.76. The second kappa shape index (κ2) is 13.7. The van der Waals surface area contributed by atoms with Gasteiger partial charge in [0.2, 0.25) is 0 Å². The number of hydrogen-bond acceptors (Lipinski definition) is 7. The number of fused-ring (bicyclic) bond motifs is 2. The molecule has 2 fully saturated rings. The van der Waals surface area contributed by atoms with Crippen molar-refractivity contribution in [2.45, 2.75) is 52.0 Å². The highest BCUT2D eigenvalue weighted by Gasteiger charge is 2.29. The average Bonchev–Trinajstić information content (AvgIpc) is 3.34. The van der Waals surface area contributed by atoms with Gasteiger partial charge in [-0.05, 0) is 89.2 Å². The highest BCUT2D eigenvalue weighted by Crippen LogP contribution is 2.37. The van der Waals surface area contributed by atoms with Crippen molar-refractivity contribution in [3.63, 3.8) is 0 Å². The summed E-state index contributed by atoms with van der Waals surface area (Å²) >= 11 is 6.62. The average molecular weight is 576 g/mol. The van der Waals surface area contributed by atoms with Crippen molar-refractivity contribution in [3.05, 3.63) is 64.8 Å². The molecule has 0 bridgehead atoms. The summed E-state index contributed by atoms with van der Waals surface area (Å²) in [5, 5.41) is 2.97. The molecule has 3 aliphatic heterocycles. The van der Waals surface area contributed by atoms with Crippen LogP contribution in [-0.2, 0) is 17.8 Å². The van der Waals surface area contributed by atoms with Crippen molar-refractivity contribution in [2.24, 2.45) is 5.92 Å². The second-order valence-corrected chi connectivity index (χ2v) is 11.7. The van der Waals surface area contributed by atoms with E-state index in [1.165, 1.54) is 31.5 Å². The lowest BCUT2D eigenvalue weighted by Crippen LogP contribution is -2.34. The smallest absolute Gasteiger partial charge is 0.318 e. The number of ketones is 1. The zero-order chi connectivity index (χ0) is 28.8. The molecule has 0 radical (unpaired) electrons. The summed E-state index contributed by atoms with van der Waals surface area (Å²) in [7, 11) is 3.79. The molecular formula is C33H42ClN5O2. The van der Waals surface area contributed by atoms with E-state index >= 15 is 0 Å². The first-order valence-electron chi connectivity index (χ1n) is 14.9. The summed E-state index contributed by atoms with van der Waals surface area (Å²) in [6, 6.07) is 12.7. The maximum Gasteiger partial charge on any atom is 0.318 e. The van der Waals surface area contributed by atoms with Gasteiger partial charge in [-0.1, -0.05) is 41.9 Å². The summed E-state index contributed by atoms with van der Waals surface area (Å²) in [4.78, 5) is 29.0. The molecule has 0 N–H and O–H groups in total. The first-order chi connectivity index (χ1) is 20.0. The van der Waals surface area contributed by atoms with Crippen molar-refractivity contribution in [2.75, 3.05) is 56.7 Å². The SMILES string of the molecule is C/C=C/C(=O)C1CCCN(c2nc(OC)nc3c2CCN(c2cccc4cccc(Cl)c24)C3)CC1.CN1CCCC1. The molecule has 2 aromatic carbocycles. The number of aromatic nitrogens is 2. The Labute approximate surface area is 249 Å². The maximum absolute atomic E-state index is 12.4. The Kier molecular flexibility index (Phi) is 9.78. The van der Waals surface area contributed by atoms with E-state index in [0.29, 0.717) is 12.6 Å². The Morgan fingerprint density at radius 3 is 2.46 bits per heavy atom. The molecule has 41 heavy (non-hydrogen) atoms. The Hall–Kier alpha value is -3.16. The van der Waals surface area contributed by atoms with E-state index in [2.05, 4.69) is 46.0 Å². The zero-order valence-corrected chi connectivity index (χ0v) is 25.4. The highest BCUT2D eigenvalue weighted by atomic mass is 35.5. The van der Waals surface area contributed by atoms with Crippen LogP contribution in [0.4, 0.5) is 11.5 Å². The van der Waals surface area contributed by atoms with E-state index in [4.69, 9.17) is 26.3 Å². The largest absolute Gasteiger partial charge is 0.467 e. The molecule has 8 heteroatoms. The lowest BCUT2D eigenvalue weighted by Gasteiger charge is -2.34. The van der Waals surface area contributed by atoms with Crippen LogP contribution in [0.15, 0.2) is 48.6 Å². The number of hydrogen-bond donors (Lipinski definition) is 0. The van der Waals surface area contributed by atoms with Gasteiger partial charge in [0, 0.05) is 42.2 Å². The van der Waals surface area contributed by atoms with Gasteiger partial charge in [0.1, 0.15) is 5.82 Å². The standard InChI is InChI=1S/C28H31ClN4O2.C5H11N/c1-3-7-25(34)19-10-6-15-32(16-13-19)27-21-14-17-33(18-23(21)30-28(31-27)35-2)24-12-5-9-20-8-4-11-22(29)26(20)24;1-6-4-2-3-5-6/h3-5,7-9,11-12,19H,6,10,13-18H2,1-2H3;2-5H2,1H3/b7-3+;. The van der Waals surface area contributed by atoms with Crippen molar-refractivity contribution in [3.8, 4) is 6.01 Å². The predicted molar refractivity (Wildman–Crippen MR) is 168 cm³/mol. The van der Waals surface area contributed by atoms with Crippen LogP contribution >= 0.6 is 11.6 Å². The molecule has 6 rings (SSSR count). The molecule has 218 valence electrons. The van der Waals surface area contributed by atoms with Crippen LogP contribution in [0, 0.1) is 5.92 Å². The zero-order valence-electron chi connectivity index (χ0n) is 24.6. The number of nitrogens with zero attached hydrogens (tertiary/aromatic N) is 5. The van der Waals surface area contributed by atoms with Gasteiger partial charge in [0.25, 0.3) is 0 Å². The molecule has 0 saturated carbocycles. The van der Waals surface area contributed by atoms with Crippen LogP contribution < -0.4 is 14.5 Å². The Balaban J connectivity index is 0.000000500. The van der Waals surface area contributed by atoms with E-state index in [1.54, 1.807) is 13.2 Å². The number of carbonyl (C=O) groups is 1. The van der Waals surface area contributed by atoms with E-state index in [9.17, 15) is 4.79 Å². The van der Waals surface area contributed by atoms with Crippen LogP contribution in [0.1, 0.15) is 50.3 Å². The lowest BCUT2D eigenvalue weighted by molar-refractivity contribution is -0.118. The van der Waals surface area contributed by atoms with Gasteiger partial charge >= 0.3 is 6.01 Å². The van der Waals surface area contributed by atoms with Gasteiger partial charge in [-0.15, -0.1) is 0 Å². The van der Waals surface area contributed by atoms with E-state index < -0.39 is 0 Å². The van der Waals surface area contributed by atoms with Crippen LogP contribution in [-0.4, -0.2) is 67.5 Å². The summed E-state index contributed by atoms with van der Waals surface area (Å²) < 4.78 is 5.51. The van der Waals surface area contributed by atoms with Crippen LogP contribution in [0.2, 0.25) is 5.02 Å². The summed E-state index contributed by atoms with van der Waals surface area (Å²) in [6.07, 6.45) is 9.94. The molecule has 1 atom stereocenters. The van der Waals surface area contributed by atoms with E-state index in [0.717, 1.165) is 78.3 Å². The number of halogens is 1. The van der Waals surface area contributed by atoms with Crippen molar-refractivity contribution < 1.29 is 9.53 Å². The maximum atomic E-state index is 12.4. The van der Waals surface area contributed by atoms with Crippen molar-refractivity contribution in [1.82, 2.24) is 14.9 Å². The molecule has 0 amide bonds. The molecule has 3 aliphatic rings. The van der Waals surface area contributed by atoms with Gasteiger partial charge in [-0.3, -0.25) is 4.79 Å². The molecule has 0 aliphatic carbocycles. The fourth-order valence-corrected chi connectivity index (χ4v) is 6.53. The number of benzene rings is 2. The minimum atomic E-state index is 0.0855. The lowest BCUT2D eigenvalue weighted by atomic mass is 9.95. The van der Waals surface area contributed by atoms with Gasteiger partial charge in [0.05, 0.1) is 24.4 Å². The molecule has 3 aromatic rings. The minimum absolute atomic E-state index is 0.0855. The number of methoxy groups -OCH3 is 1. The first-order valence-corrected chi connectivity index (χ1v) is 15.3. The fraction of sp³-hybridized carbons (Fsp3) is 0.485. The predicted octanol–water partition coefficient (Wildman–Crippen LogP) is 6.32. The third-order valence-corrected chi connectivity index (χ3v) is 8.78. The quantitative estimate of drug-likeness (QED) is 0.330. The summed E-state index contributed by atoms with van der Waals surface area (Å²) in [5.41, 5.74) is 3.30. The Bertz CT molecular complexity index is 1380. The monoisotopic (exact) mass is 575 g/mol. The molecule has 1 unspecified atom stereocenters. The Morgan fingerprint density at radius 1 is 0.976 bits per heavy atom. The summed E-state index contributed by atoms with van der Waals surface area (Å²) in [5.74, 6) is 1.28. The van der Waals surface area contributed by atoms with Gasteiger partial charge in [-0.2, -0.15) is 9.97 Å². The molecule has 7 nitrogen and oxygen atoms in total. The van der Waals surface area contributed by atoms with Crippen LogP contribution in [0.5, 0.6) is 6.01 Å². The molecule has 1 aromatic heterocycles. The normalized spacial score (nSPS) is 19.6. The van der Waals surface area contributed by atoms with Gasteiger partial charge < -0.3 is 19.4 Å². The van der Waals surface area contributed by atoms with E-state index in [-0.39, 0.29) is 11.7 Å². The molecule has 0 spiro atoms. The third kappa shape index (κ3) is 6.84. The number of anilines is 2. The van der Waals surface area contributed by atoms with Crippen molar-refractivity contribution in [1.29, 1.82) is 0 Å². The van der Waals surface area contributed by atoms with Crippen LogP contribution in [0.3, 0.4) is 0 Å². The second-order valence-electron chi connectivity index (χ2n) is 11.3. The molecule has 4 heterocycles.